The summed E-state index contributed by atoms with van der Waals surface area (Å²) < 4.78 is 5.34. The zero-order chi connectivity index (χ0) is 15.2. The van der Waals surface area contributed by atoms with Crippen molar-refractivity contribution in [2.45, 2.75) is 13.3 Å². The molecule has 0 amide bonds. The van der Waals surface area contributed by atoms with Crippen LogP contribution in [0.3, 0.4) is 0 Å². The molecule has 0 aliphatic rings. The minimum Gasteiger partial charge on any atom is -0.495 e. The van der Waals surface area contributed by atoms with E-state index in [0.29, 0.717) is 13.0 Å². The minimum atomic E-state index is 0.164. The number of ketones is 1. The fourth-order valence-corrected chi connectivity index (χ4v) is 2.22. The molecular weight excluding hydrogens is 262 g/mol. The van der Waals surface area contributed by atoms with Crippen molar-refractivity contribution in [1.82, 2.24) is 0 Å². The maximum Gasteiger partial charge on any atom is 0.164 e. The summed E-state index contributed by atoms with van der Waals surface area (Å²) >= 11 is 0. The summed E-state index contributed by atoms with van der Waals surface area (Å²) in [5, 5.41) is 0. The Morgan fingerprint density at radius 1 is 1.10 bits per heavy atom. The van der Waals surface area contributed by atoms with E-state index in [4.69, 9.17) is 4.74 Å². The number of methoxy groups -OCH3 is 1. The molecule has 0 atom stereocenters. The van der Waals surface area contributed by atoms with Crippen molar-refractivity contribution in [2.75, 3.05) is 25.6 Å². The normalized spacial score (nSPS) is 10.2. The zero-order valence-electron chi connectivity index (χ0n) is 12.8. The third-order valence-electron chi connectivity index (χ3n) is 3.54. The molecule has 2 rings (SSSR count). The highest BCUT2D eigenvalue weighted by Gasteiger charge is 2.10. The van der Waals surface area contributed by atoms with Crippen LogP contribution < -0.4 is 9.64 Å². The highest BCUT2D eigenvalue weighted by molar-refractivity contribution is 5.96. The Hall–Kier alpha value is -2.29. The molecule has 3 nitrogen and oxygen atoms in total. The minimum absolute atomic E-state index is 0.164. The maximum absolute atomic E-state index is 12.2. The number of ether oxygens (including phenoxy) is 1. The predicted octanol–water partition coefficient (Wildman–Crippen LogP) is 3.71. The third kappa shape index (κ3) is 3.85. The van der Waals surface area contributed by atoms with E-state index in [-0.39, 0.29) is 5.78 Å². The lowest BCUT2D eigenvalue weighted by Crippen LogP contribution is -2.21. The quantitative estimate of drug-likeness (QED) is 0.757. The van der Waals surface area contributed by atoms with Crippen LogP contribution >= 0.6 is 0 Å². The van der Waals surface area contributed by atoms with E-state index in [1.807, 2.05) is 67.4 Å². The smallest absolute Gasteiger partial charge is 0.164 e. The van der Waals surface area contributed by atoms with Gasteiger partial charge in [-0.15, -0.1) is 0 Å². The average molecular weight is 283 g/mol. The number of para-hydroxylation sites is 2. The Kier molecular flexibility index (Phi) is 4.99. The Balaban J connectivity index is 1.99. The molecule has 110 valence electrons. The number of carbonyl (C=O) groups is 1. The molecule has 0 N–H and O–H groups in total. The van der Waals surface area contributed by atoms with E-state index in [0.717, 1.165) is 22.6 Å². The Morgan fingerprint density at radius 3 is 2.43 bits per heavy atom. The number of hydrogen-bond acceptors (Lipinski definition) is 3. The van der Waals surface area contributed by atoms with Crippen molar-refractivity contribution < 1.29 is 9.53 Å². The lowest BCUT2D eigenvalue weighted by Gasteiger charge is -2.21. The number of rotatable bonds is 6. The van der Waals surface area contributed by atoms with Crippen LogP contribution in [0.5, 0.6) is 5.75 Å². The van der Waals surface area contributed by atoms with Crippen LogP contribution in [0, 0.1) is 6.92 Å². The number of carbonyl (C=O) groups excluding carboxylic acids is 1. The van der Waals surface area contributed by atoms with Crippen molar-refractivity contribution in [3.8, 4) is 5.75 Å². The molecule has 0 heterocycles. The van der Waals surface area contributed by atoms with Gasteiger partial charge in [0.2, 0.25) is 0 Å². The van der Waals surface area contributed by atoms with E-state index in [1.54, 1.807) is 7.11 Å². The summed E-state index contributed by atoms with van der Waals surface area (Å²) in [6.07, 6.45) is 0.484. The van der Waals surface area contributed by atoms with Gasteiger partial charge >= 0.3 is 0 Å². The van der Waals surface area contributed by atoms with Gasteiger partial charge < -0.3 is 9.64 Å². The number of Topliss-reactive ketones (excluding diaryl/α,β-unsaturated/α-hetero) is 1. The van der Waals surface area contributed by atoms with E-state index in [1.165, 1.54) is 0 Å². The van der Waals surface area contributed by atoms with Gasteiger partial charge in [0.25, 0.3) is 0 Å². The molecule has 0 bridgehead atoms. The van der Waals surface area contributed by atoms with Gasteiger partial charge in [-0.2, -0.15) is 0 Å². The van der Waals surface area contributed by atoms with Gasteiger partial charge in [0.1, 0.15) is 5.75 Å². The number of nitrogens with zero attached hydrogens (tertiary/aromatic N) is 1. The van der Waals surface area contributed by atoms with Crippen LogP contribution in [0.1, 0.15) is 22.3 Å². The van der Waals surface area contributed by atoms with Crippen molar-refractivity contribution in [3.63, 3.8) is 0 Å². The van der Waals surface area contributed by atoms with Gasteiger partial charge in [0, 0.05) is 25.6 Å². The molecule has 2 aromatic carbocycles. The molecule has 0 saturated heterocycles. The first-order valence-electron chi connectivity index (χ1n) is 7.06. The Labute approximate surface area is 126 Å². The molecule has 3 heteroatoms. The summed E-state index contributed by atoms with van der Waals surface area (Å²) in [5.41, 5.74) is 2.93. The van der Waals surface area contributed by atoms with Crippen LogP contribution in [0.4, 0.5) is 5.69 Å². The molecule has 0 saturated carbocycles. The molecule has 2 aromatic rings. The topological polar surface area (TPSA) is 29.5 Å². The summed E-state index contributed by atoms with van der Waals surface area (Å²) in [4.78, 5) is 14.2. The van der Waals surface area contributed by atoms with Crippen molar-refractivity contribution in [2.24, 2.45) is 0 Å². The van der Waals surface area contributed by atoms with Gasteiger partial charge in [-0.1, -0.05) is 42.0 Å². The SMILES string of the molecule is COc1ccccc1N(C)CCC(=O)c1ccc(C)cc1. The van der Waals surface area contributed by atoms with Gasteiger partial charge in [0.05, 0.1) is 12.8 Å². The van der Waals surface area contributed by atoms with Gasteiger partial charge in [-0.25, -0.2) is 0 Å². The molecule has 0 unspecified atom stereocenters. The summed E-state index contributed by atoms with van der Waals surface area (Å²) in [6, 6.07) is 15.5. The Bertz CT molecular complexity index is 605. The van der Waals surface area contributed by atoms with Crippen LogP contribution in [-0.2, 0) is 0 Å². The molecule has 0 spiro atoms. The van der Waals surface area contributed by atoms with Crippen molar-refractivity contribution in [1.29, 1.82) is 0 Å². The van der Waals surface area contributed by atoms with Gasteiger partial charge in [0.15, 0.2) is 5.78 Å². The summed E-state index contributed by atoms with van der Waals surface area (Å²) in [7, 11) is 3.63. The monoisotopic (exact) mass is 283 g/mol. The van der Waals surface area contributed by atoms with E-state index in [2.05, 4.69) is 0 Å². The maximum atomic E-state index is 12.2. The number of benzene rings is 2. The number of anilines is 1. The van der Waals surface area contributed by atoms with Gasteiger partial charge in [-0.05, 0) is 19.1 Å². The second kappa shape index (κ2) is 6.93. The summed E-state index contributed by atoms with van der Waals surface area (Å²) in [5.74, 6) is 0.986. The number of aryl methyl sites for hydroxylation is 1. The van der Waals surface area contributed by atoms with Gasteiger partial charge in [-0.3, -0.25) is 4.79 Å². The second-order valence-electron chi connectivity index (χ2n) is 5.13. The van der Waals surface area contributed by atoms with E-state index in [9.17, 15) is 4.79 Å². The van der Waals surface area contributed by atoms with Crippen molar-refractivity contribution in [3.05, 3.63) is 59.7 Å². The molecule has 0 radical (unpaired) electrons. The van der Waals surface area contributed by atoms with Crippen molar-refractivity contribution >= 4 is 11.5 Å². The standard InChI is InChI=1S/C18H21NO2/c1-14-8-10-15(11-9-14)17(20)12-13-19(2)16-6-4-5-7-18(16)21-3/h4-11H,12-13H2,1-3H3. The first-order valence-corrected chi connectivity index (χ1v) is 7.06. The molecule has 0 fully saturated rings. The van der Waals surface area contributed by atoms with E-state index >= 15 is 0 Å². The average Bonchev–Trinajstić information content (AvgIpc) is 2.52. The fourth-order valence-electron chi connectivity index (χ4n) is 2.22. The van der Waals surface area contributed by atoms with Crippen LogP contribution in [0.15, 0.2) is 48.5 Å². The first-order chi connectivity index (χ1) is 10.1. The zero-order valence-corrected chi connectivity index (χ0v) is 12.8. The highest BCUT2D eigenvalue weighted by Crippen LogP contribution is 2.26. The molecule has 0 aliphatic carbocycles. The molecule has 0 aliphatic heterocycles. The fraction of sp³-hybridized carbons (Fsp3) is 0.278. The number of hydrogen-bond donors (Lipinski definition) is 0. The Morgan fingerprint density at radius 2 is 1.76 bits per heavy atom. The molecule has 21 heavy (non-hydrogen) atoms. The predicted molar refractivity (Wildman–Crippen MR) is 86.4 cm³/mol. The summed E-state index contributed by atoms with van der Waals surface area (Å²) in [6.45, 7) is 2.68. The van der Waals surface area contributed by atoms with Crippen LogP contribution in [-0.4, -0.2) is 26.5 Å². The first kappa shape index (κ1) is 15.1. The highest BCUT2D eigenvalue weighted by atomic mass is 16.5. The van der Waals surface area contributed by atoms with Crippen LogP contribution in [0.25, 0.3) is 0 Å². The third-order valence-corrected chi connectivity index (χ3v) is 3.54. The van der Waals surface area contributed by atoms with E-state index < -0.39 is 0 Å². The largest absolute Gasteiger partial charge is 0.495 e. The van der Waals surface area contributed by atoms with Crippen LogP contribution in [0.2, 0.25) is 0 Å². The molecule has 0 aromatic heterocycles. The second-order valence-corrected chi connectivity index (χ2v) is 5.13. The molecular formula is C18H21NO2. The lowest BCUT2D eigenvalue weighted by atomic mass is 10.1. The lowest BCUT2D eigenvalue weighted by molar-refractivity contribution is 0.0985.